The monoisotopic (exact) mass is 317 g/mol. The zero-order valence-corrected chi connectivity index (χ0v) is 13.1. The third kappa shape index (κ3) is 4.27. The highest BCUT2D eigenvalue weighted by Gasteiger charge is 2.06. The van der Waals surface area contributed by atoms with Crippen LogP contribution in [0.5, 0.6) is 11.5 Å². The SMILES string of the molecule is COc1ccc(NC(=O)/C=C/c2ccc(Cl)cc2)c(OC)c1. The topological polar surface area (TPSA) is 47.6 Å². The van der Waals surface area contributed by atoms with Crippen molar-refractivity contribution in [1.82, 2.24) is 0 Å². The van der Waals surface area contributed by atoms with Crippen molar-refractivity contribution in [2.75, 3.05) is 19.5 Å². The fraction of sp³-hybridized carbons (Fsp3) is 0.118. The van der Waals surface area contributed by atoms with E-state index in [1.807, 2.05) is 12.1 Å². The number of rotatable bonds is 5. The third-order valence-corrected chi connectivity index (χ3v) is 3.22. The van der Waals surface area contributed by atoms with E-state index in [-0.39, 0.29) is 5.91 Å². The number of anilines is 1. The Hall–Kier alpha value is -2.46. The second kappa shape index (κ2) is 7.52. The minimum Gasteiger partial charge on any atom is -0.497 e. The van der Waals surface area contributed by atoms with Gasteiger partial charge in [-0.05, 0) is 35.9 Å². The number of hydrogen-bond acceptors (Lipinski definition) is 3. The molecule has 2 rings (SSSR count). The summed E-state index contributed by atoms with van der Waals surface area (Å²) in [7, 11) is 3.11. The molecule has 5 heteroatoms. The predicted molar refractivity (Wildman–Crippen MR) is 88.7 cm³/mol. The second-order valence-corrected chi connectivity index (χ2v) is 4.88. The Kier molecular flexibility index (Phi) is 5.44. The molecule has 0 spiro atoms. The number of halogens is 1. The summed E-state index contributed by atoms with van der Waals surface area (Å²) >= 11 is 5.81. The first kappa shape index (κ1) is 15.9. The average Bonchev–Trinajstić information content (AvgIpc) is 2.54. The van der Waals surface area contributed by atoms with Crippen LogP contribution in [0.3, 0.4) is 0 Å². The van der Waals surface area contributed by atoms with Crippen molar-refractivity contribution in [2.45, 2.75) is 0 Å². The molecule has 0 fully saturated rings. The van der Waals surface area contributed by atoms with Gasteiger partial charge in [-0.1, -0.05) is 23.7 Å². The molecule has 4 nitrogen and oxygen atoms in total. The van der Waals surface area contributed by atoms with Gasteiger partial charge in [0.1, 0.15) is 11.5 Å². The second-order valence-electron chi connectivity index (χ2n) is 4.44. The highest BCUT2D eigenvalue weighted by Crippen LogP contribution is 2.28. The molecule has 114 valence electrons. The maximum absolute atomic E-state index is 12.0. The smallest absolute Gasteiger partial charge is 0.248 e. The Balaban J connectivity index is 2.07. The minimum absolute atomic E-state index is 0.251. The third-order valence-electron chi connectivity index (χ3n) is 2.96. The Morgan fingerprint density at radius 3 is 2.45 bits per heavy atom. The van der Waals surface area contributed by atoms with Gasteiger partial charge in [-0.25, -0.2) is 0 Å². The van der Waals surface area contributed by atoms with Crippen molar-refractivity contribution in [3.63, 3.8) is 0 Å². The van der Waals surface area contributed by atoms with Gasteiger partial charge in [0.2, 0.25) is 5.91 Å². The van der Waals surface area contributed by atoms with Gasteiger partial charge in [-0.2, -0.15) is 0 Å². The quantitative estimate of drug-likeness (QED) is 0.848. The molecule has 0 atom stereocenters. The van der Waals surface area contributed by atoms with Crippen LogP contribution in [0.1, 0.15) is 5.56 Å². The summed E-state index contributed by atoms with van der Waals surface area (Å²) in [5.74, 6) is 0.942. The van der Waals surface area contributed by atoms with E-state index in [0.29, 0.717) is 22.2 Å². The van der Waals surface area contributed by atoms with E-state index in [9.17, 15) is 4.79 Å². The molecule has 0 aliphatic heterocycles. The van der Waals surface area contributed by atoms with Crippen molar-refractivity contribution in [1.29, 1.82) is 0 Å². The fourth-order valence-electron chi connectivity index (χ4n) is 1.82. The lowest BCUT2D eigenvalue weighted by molar-refractivity contribution is -0.111. The van der Waals surface area contributed by atoms with E-state index in [0.717, 1.165) is 5.56 Å². The Morgan fingerprint density at radius 2 is 1.82 bits per heavy atom. The van der Waals surface area contributed by atoms with Crippen molar-refractivity contribution < 1.29 is 14.3 Å². The summed E-state index contributed by atoms with van der Waals surface area (Å²) in [6.45, 7) is 0. The number of methoxy groups -OCH3 is 2. The standard InChI is InChI=1S/C17H16ClNO3/c1-21-14-8-9-15(16(11-14)22-2)19-17(20)10-5-12-3-6-13(18)7-4-12/h3-11H,1-2H3,(H,19,20)/b10-5+. The lowest BCUT2D eigenvalue weighted by Gasteiger charge is -2.10. The van der Waals surface area contributed by atoms with Crippen molar-refractivity contribution in [3.8, 4) is 11.5 Å². The van der Waals surface area contributed by atoms with Gasteiger partial charge in [0, 0.05) is 17.2 Å². The van der Waals surface area contributed by atoms with E-state index in [1.54, 1.807) is 43.5 Å². The molecule has 0 unspecified atom stereocenters. The van der Waals surface area contributed by atoms with Crippen molar-refractivity contribution >= 4 is 29.3 Å². The van der Waals surface area contributed by atoms with E-state index in [2.05, 4.69) is 5.32 Å². The predicted octanol–water partition coefficient (Wildman–Crippen LogP) is 4.01. The molecule has 0 aliphatic carbocycles. The highest BCUT2D eigenvalue weighted by molar-refractivity contribution is 6.30. The molecular weight excluding hydrogens is 302 g/mol. The molecule has 1 N–H and O–H groups in total. The summed E-state index contributed by atoms with van der Waals surface area (Å²) in [5.41, 5.74) is 1.47. The Labute approximate surface area is 134 Å². The van der Waals surface area contributed by atoms with Gasteiger partial charge in [0.15, 0.2) is 0 Å². The molecule has 0 radical (unpaired) electrons. The number of hydrogen-bond donors (Lipinski definition) is 1. The van der Waals surface area contributed by atoms with E-state index in [4.69, 9.17) is 21.1 Å². The van der Waals surface area contributed by atoms with E-state index >= 15 is 0 Å². The average molecular weight is 318 g/mol. The first-order valence-corrected chi connectivity index (χ1v) is 6.97. The number of benzene rings is 2. The van der Waals surface area contributed by atoms with Crippen molar-refractivity contribution in [3.05, 3.63) is 59.1 Å². The first-order chi connectivity index (χ1) is 10.6. The summed E-state index contributed by atoms with van der Waals surface area (Å²) in [6.07, 6.45) is 3.16. The van der Waals surface area contributed by atoms with Crippen LogP contribution in [0.2, 0.25) is 5.02 Å². The first-order valence-electron chi connectivity index (χ1n) is 6.59. The van der Waals surface area contributed by atoms with Crippen LogP contribution in [0.15, 0.2) is 48.5 Å². The van der Waals surface area contributed by atoms with E-state index in [1.165, 1.54) is 13.2 Å². The van der Waals surface area contributed by atoms with Crippen LogP contribution in [-0.2, 0) is 4.79 Å². The molecule has 0 saturated carbocycles. The van der Waals surface area contributed by atoms with Crippen LogP contribution in [0.4, 0.5) is 5.69 Å². The van der Waals surface area contributed by atoms with Crippen LogP contribution >= 0.6 is 11.6 Å². The molecule has 0 saturated heterocycles. The molecule has 2 aromatic carbocycles. The van der Waals surface area contributed by atoms with Crippen LogP contribution in [-0.4, -0.2) is 20.1 Å². The molecule has 2 aromatic rings. The zero-order valence-electron chi connectivity index (χ0n) is 12.3. The fourth-order valence-corrected chi connectivity index (χ4v) is 1.95. The summed E-state index contributed by atoms with van der Waals surface area (Å²) in [5, 5.41) is 3.42. The number of carbonyl (C=O) groups excluding carboxylic acids is 1. The van der Waals surface area contributed by atoms with Gasteiger partial charge in [0.25, 0.3) is 0 Å². The van der Waals surface area contributed by atoms with Crippen LogP contribution < -0.4 is 14.8 Å². The number of carbonyl (C=O) groups is 1. The van der Waals surface area contributed by atoms with Crippen LogP contribution in [0.25, 0.3) is 6.08 Å². The lowest BCUT2D eigenvalue weighted by atomic mass is 10.2. The summed E-state index contributed by atoms with van der Waals surface area (Å²) < 4.78 is 10.3. The van der Waals surface area contributed by atoms with Gasteiger partial charge in [0.05, 0.1) is 19.9 Å². The molecule has 1 amide bonds. The molecule has 0 heterocycles. The minimum atomic E-state index is -0.251. The number of ether oxygens (including phenoxy) is 2. The van der Waals surface area contributed by atoms with Gasteiger partial charge in [-0.15, -0.1) is 0 Å². The normalized spacial score (nSPS) is 10.5. The Bertz CT molecular complexity index is 681. The molecule has 22 heavy (non-hydrogen) atoms. The zero-order chi connectivity index (χ0) is 15.9. The van der Waals surface area contributed by atoms with Crippen LogP contribution in [0, 0.1) is 0 Å². The maximum Gasteiger partial charge on any atom is 0.248 e. The summed E-state index contributed by atoms with van der Waals surface area (Å²) in [4.78, 5) is 12.0. The summed E-state index contributed by atoms with van der Waals surface area (Å²) in [6, 6.07) is 12.4. The van der Waals surface area contributed by atoms with Gasteiger partial charge < -0.3 is 14.8 Å². The van der Waals surface area contributed by atoms with Gasteiger partial charge >= 0.3 is 0 Å². The molecule has 0 aromatic heterocycles. The molecule has 0 aliphatic rings. The highest BCUT2D eigenvalue weighted by atomic mass is 35.5. The van der Waals surface area contributed by atoms with E-state index < -0.39 is 0 Å². The van der Waals surface area contributed by atoms with Crippen molar-refractivity contribution in [2.24, 2.45) is 0 Å². The maximum atomic E-state index is 12.0. The van der Waals surface area contributed by atoms with Gasteiger partial charge in [-0.3, -0.25) is 4.79 Å². The number of amides is 1. The molecular formula is C17H16ClNO3. The number of nitrogens with one attached hydrogen (secondary N) is 1. The lowest BCUT2D eigenvalue weighted by Crippen LogP contribution is -2.08. The Morgan fingerprint density at radius 1 is 1.09 bits per heavy atom. The largest absolute Gasteiger partial charge is 0.497 e. The molecule has 0 bridgehead atoms.